The Morgan fingerprint density at radius 3 is 2.50 bits per heavy atom. The number of hydrogen-bond donors (Lipinski definition) is 0. The molecule has 0 aromatic rings. The van der Waals surface area contributed by atoms with Crippen molar-refractivity contribution in [3.63, 3.8) is 0 Å². The zero-order chi connectivity index (χ0) is 7.14. The molecule has 2 aliphatic carbocycles. The molecule has 0 aliphatic heterocycles. The van der Waals surface area contributed by atoms with Gasteiger partial charge >= 0.3 is 0 Å². The van der Waals surface area contributed by atoms with Gasteiger partial charge in [0.25, 0.3) is 0 Å². The first-order valence-corrected chi connectivity index (χ1v) is 4.48. The lowest BCUT2D eigenvalue weighted by atomic mass is 9.76. The average Bonchev–Trinajstić information content (AvgIpc) is 2.09. The third kappa shape index (κ3) is 0.817. The summed E-state index contributed by atoms with van der Waals surface area (Å²) >= 11 is 0. The van der Waals surface area contributed by atoms with Gasteiger partial charge in [-0.1, -0.05) is 25.5 Å². The molecule has 1 saturated carbocycles. The second-order valence-corrected chi connectivity index (χ2v) is 4.10. The molecule has 2 atom stereocenters. The van der Waals surface area contributed by atoms with Gasteiger partial charge in [0.05, 0.1) is 0 Å². The molecule has 0 aromatic heterocycles. The molecule has 0 N–H and O–H groups in total. The molecule has 2 aliphatic rings. The van der Waals surface area contributed by atoms with Gasteiger partial charge in [0, 0.05) is 0 Å². The van der Waals surface area contributed by atoms with Crippen molar-refractivity contribution in [1.82, 2.24) is 0 Å². The standard InChI is InChI=1S/C10H16/c1-7(2)10-5-8-3-4-9(8)6-10/h5,7-9H,3-4,6H2,1-2H3/t8-,9-/m0/s1. The molecule has 10 heavy (non-hydrogen) atoms. The van der Waals surface area contributed by atoms with Crippen LogP contribution in [0, 0.1) is 17.8 Å². The molecule has 0 saturated heterocycles. The zero-order valence-electron chi connectivity index (χ0n) is 6.93. The summed E-state index contributed by atoms with van der Waals surface area (Å²) in [4.78, 5) is 0. The summed E-state index contributed by atoms with van der Waals surface area (Å²) in [6.45, 7) is 4.63. The average molecular weight is 136 g/mol. The van der Waals surface area contributed by atoms with Crippen LogP contribution < -0.4 is 0 Å². The van der Waals surface area contributed by atoms with E-state index in [-0.39, 0.29) is 0 Å². The molecule has 0 radical (unpaired) electrons. The van der Waals surface area contributed by atoms with Gasteiger partial charge in [-0.25, -0.2) is 0 Å². The molecule has 0 aromatic carbocycles. The summed E-state index contributed by atoms with van der Waals surface area (Å²) in [5, 5.41) is 0. The number of allylic oxidation sites excluding steroid dienone is 2. The van der Waals surface area contributed by atoms with Gasteiger partial charge in [0.15, 0.2) is 0 Å². The van der Waals surface area contributed by atoms with Gasteiger partial charge in [-0.05, 0) is 37.0 Å². The second kappa shape index (κ2) is 2.11. The number of fused-ring (bicyclic) bond motifs is 1. The van der Waals surface area contributed by atoms with Crippen LogP contribution in [0.3, 0.4) is 0 Å². The van der Waals surface area contributed by atoms with Gasteiger partial charge in [0.2, 0.25) is 0 Å². The Morgan fingerprint density at radius 2 is 2.20 bits per heavy atom. The summed E-state index contributed by atoms with van der Waals surface area (Å²) in [6.07, 6.45) is 6.93. The highest BCUT2D eigenvalue weighted by atomic mass is 14.4. The highest BCUT2D eigenvalue weighted by Crippen LogP contribution is 2.46. The van der Waals surface area contributed by atoms with Crippen molar-refractivity contribution in [2.45, 2.75) is 33.1 Å². The minimum absolute atomic E-state index is 0.811. The van der Waals surface area contributed by atoms with E-state index in [4.69, 9.17) is 0 Å². The van der Waals surface area contributed by atoms with Gasteiger partial charge in [0.1, 0.15) is 0 Å². The van der Waals surface area contributed by atoms with E-state index >= 15 is 0 Å². The van der Waals surface area contributed by atoms with E-state index in [2.05, 4.69) is 19.9 Å². The van der Waals surface area contributed by atoms with Crippen molar-refractivity contribution in [2.24, 2.45) is 17.8 Å². The van der Waals surface area contributed by atoms with E-state index < -0.39 is 0 Å². The fraction of sp³-hybridized carbons (Fsp3) is 0.800. The van der Waals surface area contributed by atoms with Crippen LogP contribution in [-0.2, 0) is 0 Å². The van der Waals surface area contributed by atoms with Crippen molar-refractivity contribution in [1.29, 1.82) is 0 Å². The molecule has 1 fully saturated rings. The summed E-state index contributed by atoms with van der Waals surface area (Å²) < 4.78 is 0. The molecule has 56 valence electrons. The smallest absolute Gasteiger partial charge is 0.0199 e. The third-order valence-electron chi connectivity index (χ3n) is 3.14. The molecule has 0 heterocycles. The molecule has 0 amide bonds. The van der Waals surface area contributed by atoms with Crippen molar-refractivity contribution >= 4 is 0 Å². The van der Waals surface area contributed by atoms with Crippen molar-refractivity contribution < 1.29 is 0 Å². The van der Waals surface area contributed by atoms with Gasteiger partial charge in [-0.15, -0.1) is 0 Å². The van der Waals surface area contributed by atoms with Crippen LogP contribution in [0.5, 0.6) is 0 Å². The number of rotatable bonds is 1. The van der Waals surface area contributed by atoms with Crippen LogP contribution in [0.2, 0.25) is 0 Å². The maximum atomic E-state index is 2.54. The maximum absolute atomic E-state index is 2.54. The molecular formula is C10H16. The van der Waals surface area contributed by atoms with Gasteiger partial charge in [-0.2, -0.15) is 0 Å². The SMILES string of the molecule is CC(C)C1=C[C@@H]2CC[C@H]2C1. The Kier molecular flexibility index (Phi) is 1.36. The largest absolute Gasteiger partial charge is 0.0817 e. The van der Waals surface area contributed by atoms with Crippen molar-refractivity contribution in [2.75, 3.05) is 0 Å². The first kappa shape index (κ1) is 6.45. The summed E-state index contributed by atoms with van der Waals surface area (Å²) in [5.74, 6) is 2.88. The van der Waals surface area contributed by atoms with E-state index in [0.29, 0.717) is 0 Å². The van der Waals surface area contributed by atoms with Crippen LogP contribution in [0.4, 0.5) is 0 Å². The molecular weight excluding hydrogens is 120 g/mol. The predicted octanol–water partition coefficient (Wildman–Crippen LogP) is 3.00. The lowest BCUT2D eigenvalue weighted by molar-refractivity contribution is 0.246. The fourth-order valence-electron chi connectivity index (χ4n) is 2.14. The van der Waals surface area contributed by atoms with E-state index in [1.165, 1.54) is 19.3 Å². The molecule has 0 heteroatoms. The second-order valence-electron chi connectivity index (χ2n) is 4.10. The van der Waals surface area contributed by atoms with E-state index in [0.717, 1.165) is 17.8 Å². The molecule has 2 rings (SSSR count). The Morgan fingerprint density at radius 1 is 1.40 bits per heavy atom. The molecule has 0 spiro atoms. The Hall–Kier alpha value is -0.260. The van der Waals surface area contributed by atoms with Crippen LogP contribution >= 0.6 is 0 Å². The van der Waals surface area contributed by atoms with Crippen LogP contribution in [0.1, 0.15) is 33.1 Å². The van der Waals surface area contributed by atoms with E-state index in [1.54, 1.807) is 5.57 Å². The van der Waals surface area contributed by atoms with Crippen LogP contribution in [0.25, 0.3) is 0 Å². The minimum Gasteiger partial charge on any atom is -0.0817 e. The molecule has 0 nitrogen and oxygen atoms in total. The topological polar surface area (TPSA) is 0 Å². The maximum Gasteiger partial charge on any atom is -0.0199 e. The van der Waals surface area contributed by atoms with Gasteiger partial charge in [-0.3, -0.25) is 0 Å². The molecule has 0 unspecified atom stereocenters. The Labute approximate surface area is 63.3 Å². The third-order valence-corrected chi connectivity index (χ3v) is 3.14. The monoisotopic (exact) mass is 136 g/mol. The lowest BCUT2D eigenvalue weighted by Gasteiger charge is -2.29. The van der Waals surface area contributed by atoms with Crippen molar-refractivity contribution in [3.8, 4) is 0 Å². The highest BCUT2D eigenvalue weighted by Gasteiger charge is 2.34. The normalized spacial score (nSPS) is 37.3. The van der Waals surface area contributed by atoms with Crippen LogP contribution in [-0.4, -0.2) is 0 Å². The van der Waals surface area contributed by atoms with E-state index in [1.807, 2.05) is 0 Å². The highest BCUT2D eigenvalue weighted by molar-refractivity contribution is 5.18. The van der Waals surface area contributed by atoms with Gasteiger partial charge < -0.3 is 0 Å². The lowest BCUT2D eigenvalue weighted by Crippen LogP contribution is -2.19. The van der Waals surface area contributed by atoms with E-state index in [9.17, 15) is 0 Å². The quantitative estimate of drug-likeness (QED) is 0.486. The summed E-state index contributed by atoms with van der Waals surface area (Å²) in [5.41, 5.74) is 1.73. The molecule has 0 bridgehead atoms. The first-order valence-electron chi connectivity index (χ1n) is 4.48. The first-order chi connectivity index (χ1) is 4.77. The fourth-order valence-corrected chi connectivity index (χ4v) is 2.14. The number of hydrogen-bond acceptors (Lipinski definition) is 0. The summed E-state index contributed by atoms with van der Waals surface area (Å²) in [6, 6.07) is 0. The van der Waals surface area contributed by atoms with Crippen molar-refractivity contribution in [3.05, 3.63) is 11.6 Å². The minimum atomic E-state index is 0.811. The van der Waals surface area contributed by atoms with Crippen LogP contribution in [0.15, 0.2) is 11.6 Å². The zero-order valence-corrected chi connectivity index (χ0v) is 6.93. The predicted molar refractivity (Wildman–Crippen MR) is 43.8 cm³/mol. The Bertz CT molecular complexity index is 165. The summed E-state index contributed by atoms with van der Waals surface area (Å²) in [7, 11) is 0. The Balaban J connectivity index is 2.05.